The first kappa shape index (κ1) is 14.4. The van der Waals surface area contributed by atoms with E-state index in [0.717, 1.165) is 24.8 Å². The van der Waals surface area contributed by atoms with Crippen LogP contribution >= 0.6 is 22.9 Å². The monoisotopic (exact) mass is 296 g/mol. The van der Waals surface area contributed by atoms with Crippen molar-refractivity contribution in [3.05, 3.63) is 16.0 Å². The smallest absolute Gasteiger partial charge is 0.229 e. The number of thiophene rings is 1. The van der Waals surface area contributed by atoms with Gasteiger partial charge in [0.1, 0.15) is 11.1 Å². The number of fused-ring (bicyclic) bond motifs is 1. The highest BCUT2D eigenvalue weighted by Crippen LogP contribution is 2.37. The molecule has 0 spiro atoms. The molecule has 1 amide bonds. The zero-order chi connectivity index (χ0) is 13.8. The number of carbonyl (C=O) groups excluding carboxylic acids is 1. The highest BCUT2D eigenvalue weighted by Gasteiger charge is 2.22. The molecule has 1 aromatic heterocycles. The van der Waals surface area contributed by atoms with Gasteiger partial charge in [-0.3, -0.25) is 4.79 Å². The van der Waals surface area contributed by atoms with Gasteiger partial charge in [-0.15, -0.1) is 22.9 Å². The molecule has 0 radical (unpaired) electrons. The Kier molecular flexibility index (Phi) is 4.84. The van der Waals surface area contributed by atoms with Gasteiger partial charge in [0.05, 0.1) is 5.56 Å². The molecule has 0 bridgehead atoms. The minimum atomic E-state index is -0.241. The molecule has 1 N–H and O–H groups in total. The van der Waals surface area contributed by atoms with Crippen LogP contribution in [0.25, 0.3) is 0 Å². The van der Waals surface area contributed by atoms with Crippen molar-refractivity contribution in [3.8, 4) is 6.07 Å². The summed E-state index contributed by atoms with van der Waals surface area (Å²) in [4.78, 5) is 13.2. The molecule has 2 rings (SSSR count). The van der Waals surface area contributed by atoms with E-state index < -0.39 is 0 Å². The number of anilines is 1. The highest BCUT2D eigenvalue weighted by molar-refractivity contribution is 7.16. The van der Waals surface area contributed by atoms with Crippen LogP contribution in [0.1, 0.15) is 42.2 Å². The van der Waals surface area contributed by atoms with E-state index in [1.54, 1.807) is 18.3 Å². The minimum Gasteiger partial charge on any atom is -0.316 e. The average molecular weight is 297 g/mol. The maximum absolute atomic E-state index is 11.9. The predicted molar refractivity (Wildman–Crippen MR) is 78.8 cm³/mol. The fourth-order valence-corrected chi connectivity index (χ4v) is 3.64. The zero-order valence-electron chi connectivity index (χ0n) is 11.0. The summed E-state index contributed by atoms with van der Waals surface area (Å²) < 4.78 is 0. The molecule has 1 aliphatic carbocycles. The van der Waals surface area contributed by atoms with Gasteiger partial charge < -0.3 is 5.32 Å². The number of hydrogen-bond acceptors (Lipinski definition) is 3. The number of nitrogens with zero attached hydrogens (tertiary/aromatic N) is 1. The van der Waals surface area contributed by atoms with Crippen molar-refractivity contribution in [2.75, 3.05) is 11.2 Å². The third-order valence-corrected chi connectivity index (χ3v) is 5.12. The molecule has 0 saturated heterocycles. The van der Waals surface area contributed by atoms with Crippen molar-refractivity contribution in [3.63, 3.8) is 0 Å². The van der Waals surface area contributed by atoms with Crippen LogP contribution in [-0.4, -0.2) is 11.8 Å². The number of alkyl halides is 1. The van der Waals surface area contributed by atoms with Gasteiger partial charge in [-0.2, -0.15) is 5.26 Å². The number of nitrogens with one attached hydrogen (secondary N) is 1. The second kappa shape index (κ2) is 6.40. The number of hydrogen-bond donors (Lipinski definition) is 1. The summed E-state index contributed by atoms with van der Waals surface area (Å²) in [7, 11) is 0. The normalized spacial score (nSPS) is 16.1. The van der Waals surface area contributed by atoms with Crippen LogP contribution in [0.2, 0.25) is 0 Å². The van der Waals surface area contributed by atoms with E-state index in [4.69, 9.17) is 11.6 Å². The fourth-order valence-electron chi connectivity index (χ4n) is 2.25. The molecule has 0 saturated carbocycles. The van der Waals surface area contributed by atoms with Crippen molar-refractivity contribution in [2.45, 2.75) is 39.0 Å². The molecule has 19 heavy (non-hydrogen) atoms. The lowest BCUT2D eigenvalue weighted by atomic mass is 10.1. The van der Waals surface area contributed by atoms with Crippen LogP contribution < -0.4 is 5.32 Å². The Balaban J connectivity index is 2.27. The van der Waals surface area contributed by atoms with Gasteiger partial charge in [-0.25, -0.2) is 0 Å². The molecule has 1 atom stereocenters. The SMILES string of the molecule is CC(CCl)C(=O)Nc1sc2c(c1C#N)CCCCC2. The first-order valence-electron chi connectivity index (χ1n) is 6.58. The summed E-state index contributed by atoms with van der Waals surface area (Å²) in [6.45, 7) is 1.78. The molecule has 1 heterocycles. The molecule has 1 unspecified atom stereocenters. The van der Waals surface area contributed by atoms with E-state index in [1.165, 1.54) is 17.7 Å². The fraction of sp³-hybridized carbons (Fsp3) is 0.571. The molecule has 0 aliphatic heterocycles. The van der Waals surface area contributed by atoms with E-state index in [2.05, 4.69) is 11.4 Å². The summed E-state index contributed by atoms with van der Waals surface area (Å²) in [6.07, 6.45) is 5.50. The minimum absolute atomic E-state index is 0.108. The summed E-state index contributed by atoms with van der Waals surface area (Å²) in [5.74, 6) is -0.0586. The lowest BCUT2D eigenvalue weighted by molar-refractivity contribution is -0.118. The van der Waals surface area contributed by atoms with Crippen molar-refractivity contribution in [1.29, 1.82) is 5.26 Å². The van der Waals surface area contributed by atoms with Crippen LogP contribution in [0, 0.1) is 17.2 Å². The Morgan fingerprint density at radius 3 is 2.89 bits per heavy atom. The number of rotatable bonds is 3. The molecule has 5 heteroatoms. The van der Waals surface area contributed by atoms with Crippen molar-refractivity contribution >= 4 is 33.8 Å². The topological polar surface area (TPSA) is 52.9 Å². The average Bonchev–Trinajstić information content (AvgIpc) is 2.59. The predicted octanol–water partition coefficient (Wildman–Crippen LogP) is 3.70. The number of halogens is 1. The van der Waals surface area contributed by atoms with Crippen molar-refractivity contribution in [1.82, 2.24) is 0 Å². The van der Waals surface area contributed by atoms with Gasteiger partial charge in [-0.1, -0.05) is 13.3 Å². The van der Waals surface area contributed by atoms with Gasteiger partial charge in [0.15, 0.2) is 0 Å². The number of nitriles is 1. The number of aryl methyl sites for hydroxylation is 1. The van der Waals surface area contributed by atoms with Gasteiger partial charge in [0.25, 0.3) is 0 Å². The zero-order valence-corrected chi connectivity index (χ0v) is 12.5. The molecule has 1 aliphatic rings. The Labute approximate surface area is 122 Å². The maximum atomic E-state index is 11.9. The molecular weight excluding hydrogens is 280 g/mol. The van der Waals surface area contributed by atoms with E-state index in [1.807, 2.05) is 0 Å². The third-order valence-electron chi connectivity index (χ3n) is 3.45. The van der Waals surface area contributed by atoms with E-state index in [-0.39, 0.29) is 11.8 Å². The van der Waals surface area contributed by atoms with Gasteiger partial charge >= 0.3 is 0 Å². The van der Waals surface area contributed by atoms with Gasteiger partial charge in [-0.05, 0) is 31.2 Å². The van der Waals surface area contributed by atoms with Gasteiger partial charge in [0.2, 0.25) is 5.91 Å². The Hall–Kier alpha value is -1.05. The molecule has 1 aromatic rings. The quantitative estimate of drug-likeness (QED) is 0.683. The largest absolute Gasteiger partial charge is 0.316 e. The third kappa shape index (κ3) is 3.10. The Morgan fingerprint density at radius 1 is 1.47 bits per heavy atom. The Bertz CT molecular complexity index is 518. The van der Waals surface area contributed by atoms with Crippen LogP contribution in [-0.2, 0) is 17.6 Å². The van der Waals surface area contributed by atoms with Crippen molar-refractivity contribution < 1.29 is 4.79 Å². The molecule has 3 nitrogen and oxygen atoms in total. The van der Waals surface area contributed by atoms with E-state index in [9.17, 15) is 10.1 Å². The summed E-state index contributed by atoms with van der Waals surface area (Å²) in [5.41, 5.74) is 1.82. The summed E-state index contributed by atoms with van der Waals surface area (Å²) in [6, 6.07) is 2.26. The molecular formula is C14H17ClN2OS. The van der Waals surface area contributed by atoms with Crippen LogP contribution in [0.3, 0.4) is 0 Å². The van der Waals surface area contributed by atoms with E-state index in [0.29, 0.717) is 16.4 Å². The van der Waals surface area contributed by atoms with Crippen LogP contribution in [0.15, 0.2) is 0 Å². The summed E-state index contributed by atoms with van der Waals surface area (Å²) in [5, 5.41) is 12.9. The lowest BCUT2D eigenvalue weighted by Crippen LogP contribution is -2.21. The van der Waals surface area contributed by atoms with Crippen LogP contribution in [0.5, 0.6) is 0 Å². The van der Waals surface area contributed by atoms with Gasteiger partial charge in [0, 0.05) is 16.7 Å². The molecule has 0 fully saturated rings. The molecule has 102 valence electrons. The lowest BCUT2D eigenvalue weighted by Gasteiger charge is -2.07. The van der Waals surface area contributed by atoms with E-state index >= 15 is 0 Å². The maximum Gasteiger partial charge on any atom is 0.229 e. The molecule has 0 aromatic carbocycles. The summed E-state index contributed by atoms with van der Waals surface area (Å²) >= 11 is 7.25. The Morgan fingerprint density at radius 2 is 2.21 bits per heavy atom. The first-order chi connectivity index (χ1) is 9.17. The van der Waals surface area contributed by atoms with Crippen LogP contribution in [0.4, 0.5) is 5.00 Å². The van der Waals surface area contributed by atoms with Crippen molar-refractivity contribution in [2.24, 2.45) is 5.92 Å². The number of carbonyl (C=O) groups is 1. The number of amides is 1. The second-order valence-electron chi connectivity index (χ2n) is 4.92. The first-order valence-corrected chi connectivity index (χ1v) is 7.94. The highest BCUT2D eigenvalue weighted by atomic mass is 35.5. The second-order valence-corrected chi connectivity index (χ2v) is 6.34. The standard InChI is InChI=1S/C14H17ClN2OS/c1-9(7-15)13(18)17-14-11(8-16)10-5-3-2-4-6-12(10)19-14/h9H,2-7H2,1H3,(H,17,18).